The normalized spacial score (nSPS) is 15.3. The lowest BCUT2D eigenvalue weighted by molar-refractivity contribution is -0.172. The standard InChI is InChI=1S/C41H54N10O14S2.C26H26N2O7/c1-66-67-19-24(39(64)65)15-30(54)27(17-33(58)59)49-36(60)22(3-2-12-45-40(42)43)13-29(53)26(16-32(56)57)48-31(55)11-9-23(38(62)63)14-28(52)21-7-4-20(5-8-21)6-10-25-18-46-35-34(47-25)37(61)51-41(44)50-35;1-4-9-33-25(31)35-14-7-8-20-16(10-14)15(5-2)17-12-28-21(22(17)27-20)11-19-18(23(28)29)13-34-24(30)26(19,32)6-3/h4-5,7-8,18,22-24,26-27,30,54H,2-3,6,9-17,19H2,1H3,(H,48,55)(H,49,60)(H,56,57)(H,58,59)(H,62,63)(H,64,65)(H4,42,43,45)(H3,44,46,50,51,61);7-8,10-11,32H,4-6,9,12-13H2,1-3H3/t22-,23-,24+,26-,27-,30+;26-/m00/s1. The SMILES string of the molecule is CCCOC(=O)Oc1ccc2nc3c(c(CC)c2c1)Cn1c-3cc2c(c1=O)COC(=O)[C@]2(O)CC.CSSC[C@@H](C[C@@H](O)[C@H](CC(=O)O)NC(=O)[C@@H](CCCN=C(N)N)CC(=O)[C@H](CC(=O)O)NC(=O)CC[C@@H](CC(=O)c1ccc(CCc2cnc3nc(N)[nH]c(=O)c3n2)cc1)C(=O)O)C(=O)O. The zero-order valence-corrected chi connectivity index (χ0v) is 57.8. The summed E-state index contributed by atoms with van der Waals surface area (Å²) in [6.45, 7) is 6.00. The minimum absolute atomic E-state index is 0.00812. The Balaban J connectivity index is 0.000000345. The summed E-state index contributed by atoms with van der Waals surface area (Å²) in [5, 5.41) is 66.2. The molecule has 7 atom stereocenters. The summed E-state index contributed by atoms with van der Waals surface area (Å²) in [5.74, 6) is -13.3. The number of H-pyrrole nitrogens is 1. The molecule has 546 valence electrons. The highest BCUT2D eigenvalue weighted by Crippen LogP contribution is 2.41. The van der Waals surface area contributed by atoms with Crippen molar-refractivity contribution in [1.29, 1.82) is 0 Å². The maximum atomic E-state index is 13.7. The van der Waals surface area contributed by atoms with Gasteiger partial charge in [-0.15, -0.1) is 0 Å². The number of aromatic nitrogens is 6. The minimum atomic E-state index is -1.87. The Labute approximate surface area is 589 Å². The number of hydrogen-bond donors (Lipinski definition) is 12. The van der Waals surface area contributed by atoms with E-state index in [2.05, 4.69) is 35.6 Å². The van der Waals surface area contributed by atoms with Crippen LogP contribution in [0.3, 0.4) is 0 Å². The number of aliphatic hydroxyl groups is 2. The van der Waals surface area contributed by atoms with Crippen molar-refractivity contribution in [2.75, 3.05) is 30.9 Å². The lowest BCUT2D eigenvalue weighted by Gasteiger charge is -2.31. The third-order valence-corrected chi connectivity index (χ3v) is 19.0. The molecule has 0 spiro atoms. The van der Waals surface area contributed by atoms with Crippen molar-refractivity contribution >= 4 is 115 Å². The number of benzene rings is 2. The maximum Gasteiger partial charge on any atom is 0.513 e. The molecule has 0 saturated carbocycles. The number of fused-ring (bicyclic) bond motifs is 6. The monoisotopic (exact) mass is 1450 g/mol. The highest BCUT2D eigenvalue weighted by Gasteiger charge is 2.46. The Kier molecular flexibility index (Phi) is 28.1. The number of pyridine rings is 2. The third kappa shape index (κ3) is 20.6. The summed E-state index contributed by atoms with van der Waals surface area (Å²) in [7, 11) is 2.48. The number of amides is 2. The molecule has 6 heterocycles. The molecule has 35 heteroatoms. The van der Waals surface area contributed by atoms with Crippen molar-refractivity contribution in [3.05, 3.63) is 115 Å². The predicted octanol–water partition coefficient (Wildman–Crippen LogP) is 3.71. The van der Waals surface area contributed by atoms with E-state index in [4.69, 9.17) is 36.4 Å². The molecule has 15 N–H and O–H groups in total. The number of nitrogens with one attached hydrogen (secondary N) is 3. The van der Waals surface area contributed by atoms with E-state index < -0.39 is 145 Å². The number of Topliss-reactive ketones (excluding diaryl/α,β-unsaturated/α-hetero) is 2. The Hall–Kier alpha value is -10.4. The summed E-state index contributed by atoms with van der Waals surface area (Å²) in [6.07, 6.45) is -1.24. The first-order chi connectivity index (χ1) is 48.5. The quantitative estimate of drug-likeness (QED) is 0.00506. The Morgan fingerprint density at radius 2 is 1.56 bits per heavy atom. The summed E-state index contributed by atoms with van der Waals surface area (Å²) in [5.41, 5.74) is 19.6. The average molecular weight is 1450 g/mol. The van der Waals surface area contributed by atoms with Gasteiger partial charge in [-0.05, 0) is 99.4 Å². The average Bonchev–Trinajstić information content (AvgIpc) is 1.52. The second-order valence-electron chi connectivity index (χ2n) is 24.2. The van der Waals surface area contributed by atoms with Crippen LogP contribution >= 0.6 is 21.6 Å². The number of nitrogen functional groups attached to an aromatic ring is 1. The van der Waals surface area contributed by atoms with Crippen LogP contribution in [0.5, 0.6) is 5.75 Å². The topological polar surface area (TPSA) is 541 Å². The zero-order chi connectivity index (χ0) is 74.7. The number of nitrogens with zero attached hydrogens (tertiary/aromatic N) is 6. The fourth-order valence-corrected chi connectivity index (χ4v) is 13.1. The zero-order valence-electron chi connectivity index (χ0n) is 56.1. The molecule has 0 fully saturated rings. The molecule has 6 aromatic rings. The molecule has 102 heavy (non-hydrogen) atoms. The molecule has 0 aliphatic carbocycles. The first kappa shape index (κ1) is 78.9. The van der Waals surface area contributed by atoms with Gasteiger partial charge in [0, 0.05) is 59.6 Å². The van der Waals surface area contributed by atoms with Gasteiger partial charge in [0.25, 0.3) is 11.1 Å². The molecule has 2 amide bonds. The van der Waals surface area contributed by atoms with Gasteiger partial charge in [-0.25, -0.2) is 24.5 Å². The lowest BCUT2D eigenvalue weighted by Crippen LogP contribution is -2.49. The number of cyclic esters (lactones) is 1. The molecule has 0 radical (unpaired) electrons. The number of aromatic amines is 1. The molecule has 2 aliphatic heterocycles. The number of ether oxygens (including phenoxy) is 3. The molecule has 2 aromatic carbocycles. The van der Waals surface area contributed by atoms with Crippen LogP contribution in [0.15, 0.2) is 69.3 Å². The van der Waals surface area contributed by atoms with Gasteiger partial charge < -0.3 is 77.3 Å². The number of rotatable bonds is 36. The summed E-state index contributed by atoms with van der Waals surface area (Å²) in [4.78, 5) is 174. The number of carboxylic acid groups (broad SMARTS) is 4. The number of guanidine groups is 1. The molecule has 0 bridgehead atoms. The summed E-state index contributed by atoms with van der Waals surface area (Å²) in [6, 6.07) is 10.0. The van der Waals surface area contributed by atoms with E-state index in [1.54, 1.807) is 54.1 Å². The number of hydrogen-bond acceptors (Lipinski definition) is 25. The Morgan fingerprint density at radius 3 is 2.21 bits per heavy atom. The first-order valence-electron chi connectivity index (χ1n) is 32.5. The minimum Gasteiger partial charge on any atom is -0.481 e. The molecule has 4 aromatic heterocycles. The smallest absolute Gasteiger partial charge is 0.481 e. The van der Waals surface area contributed by atoms with Crippen LogP contribution < -0.4 is 43.7 Å². The number of ketones is 2. The number of aliphatic hydroxyl groups excluding tert-OH is 1. The van der Waals surface area contributed by atoms with E-state index in [-0.39, 0.29) is 96.5 Å². The van der Waals surface area contributed by atoms with Gasteiger partial charge in [0.15, 0.2) is 34.3 Å². The van der Waals surface area contributed by atoms with Crippen LogP contribution in [-0.2, 0) is 85.8 Å². The number of carbonyl (C=O) groups excluding carboxylic acids is 6. The van der Waals surface area contributed by atoms with E-state index in [1.165, 1.54) is 39.9 Å². The molecular formula is C67H80N12O21S2. The van der Waals surface area contributed by atoms with E-state index >= 15 is 0 Å². The lowest BCUT2D eigenvalue weighted by atomic mass is 9.86. The van der Waals surface area contributed by atoms with E-state index in [9.17, 15) is 88.2 Å². The summed E-state index contributed by atoms with van der Waals surface area (Å²) >= 11 is 0. The summed E-state index contributed by atoms with van der Waals surface area (Å²) < 4.78 is 17.1. The molecule has 0 unspecified atom stereocenters. The number of carbonyl (C=O) groups is 10. The van der Waals surface area contributed by atoms with Crippen LogP contribution in [0.25, 0.3) is 33.5 Å². The van der Waals surface area contributed by atoms with Gasteiger partial charge in [-0.2, -0.15) is 4.98 Å². The van der Waals surface area contributed by atoms with Crippen molar-refractivity contribution in [2.45, 2.75) is 148 Å². The van der Waals surface area contributed by atoms with Gasteiger partial charge in [0.1, 0.15) is 12.4 Å². The molecule has 8 rings (SSSR count). The number of nitrogens with two attached hydrogens (primary N) is 3. The van der Waals surface area contributed by atoms with Gasteiger partial charge >= 0.3 is 36.0 Å². The largest absolute Gasteiger partial charge is 0.513 e. The second kappa shape index (κ2) is 36.3. The number of esters is 1. The van der Waals surface area contributed by atoms with Crippen molar-refractivity contribution in [1.82, 2.24) is 40.1 Å². The number of aliphatic imine (C=N–C) groups is 1. The van der Waals surface area contributed by atoms with Crippen LogP contribution in [0, 0.1) is 17.8 Å². The van der Waals surface area contributed by atoms with E-state index in [0.29, 0.717) is 60.6 Å². The highest BCUT2D eigenvalue weighted by atomic mass is 33.1. The maximum absolute atomic E-state index is 13.7. The third-order valence-electron chi connectivity index (χ3n) is 17.1. The van der Waals surface area contributed by atoms with Crippen molar-refractivity contribution in [3.8, 4) is 17.1 Å². The number of anilines is 1. The molecule has 0 saturated heterocycles. The second-order valence-corrected chi connectivity index (χ2v) is 26.8. The van der Waals surface area contributed by atoms with Gasteiger partial charge in [0.2, 0.25) is 17.8 Å². The van der Waals surface area contributed by atoms with E-state index in [1.807, 2.05) is 13.8 Å². The van der Waals surface area contributed by atoms with E-state index in [0.717, 1.165) is 22.1 Å². The first-order valence-corrected chi connectivity index (χ1v) is 35.2. The predicted molar refractivity (Wildman–Crippen MR) is 371 cm³/mol. The Morgan fingerprint density at radius 1 is 0.843 bits per heavy atom. The number of aryl methyl sites for hydroxylation is 3. The highest BCUT2D eigenvalue weighted by molar-refractivity contribution is 8.76. The number of carboxylic acids is 4. The fraction of sp³-hybridized carbons (Fsp3) is 0.448. The van der Waals surface area contributed by atoms with Crippen LogP contribution in [0.4, 0.5) is 10.7 Å². The Bertz CT molecular complexity index is 4320. The van der Waals surface area contributed by atoms with Gasteiger partial charge in [-0.1, -0.05) is 66.6 Å². The fourth-order valence-electron chi connectivity index (χ4n) is 11.7. The molecule has 2 aliphatic rings. The van der Waals surface area contributed by atoms with Gasteiger partial charge in [-0.3, -0.25) is 57.9 Å². The van der Waals surface area contributed by atoms with Crippen LogP contribution in [-0.4, -0.2) is 169 Å². The molecular weight excluding hydrogens is 1370 g/mol. The van der Waals surface area contributed by atoms with Crippen molar-refractivity contribution in [2.24, 2.45) is 34.2 Å². The van der Waals surface area contributed by atoms with Crippen molar-refractivity contribution < 1.29 is 92.8 Å². The molecule has 33 nitrogen and oxygen atoms in total. The van der Waals surface area contributed by atoms with Crippen LogP contribution in [0.1, 0.15) is 135 Å². The van der Waals surface area contributed by atoms with Gasteiger partial charge in [0.05, 0.1) is 90.4 Å². The van der Waals surface area contributed by atoms with Crippen molar-refractivity contribution in [3.63, 3.8) is 0 Å². The number of aliphatic carboxylic acids is 4. The van der Waals surface area contributed by atoms with Crippen LogP contribution in [0.2, 0.25) is 0 Å².